The zero-order chi connectivity index (χ0) is 27.7. The summed E-state index contributed by atoms with van der Waals surface area (Å²) in [5.41, 5.74) is 0.258. The highest BCUT2D eigenvalue weighted by Gasteiger charge is 2.33. The van der Waals surface area contributed by atoms with E-state index >= 15 is 0 Å². The fourth-order valence-electron chi connectivity index (χ4n) is 6.73. The number of carboxylic acid groups (broad SMARTS) is 2. The Balaban J connectivity index is 0.000000264. The van der Waals surface area contributed by atoms with Crippen LogP contribution < -0.4 is 4.74 Å². The van der Waals surface area contributed by atoms with Crippen LogP contribution in [0.5, 0.6) is 5.75 Å². The van der Waals surface area contributed by atoms with Gasteiger partial charge < -0.3 is 14.9 Å². The highest BCUT2D eigenvalue weighted by atomic mass is 16.5. The Bertz CT molecular complexity index is 847. The standard InChI is InChI=1S/C17H24O3.C15H28O2/c1-11(2)13-9-8-12(3)10-16(13)20-15-7-5-4-6-14(15)17(18)19;1-10(2)14-6-5-11(3)7-13(14)8-12(4)9-15(16)17/h4-7,11-13,16H,8-10H2,1-3H3,(H,18,19);10-14H,5-9H2,1-4H3,(H,16,17). The third kappa shape index (κ3) is 9.98. The number of hydrogen-bond acceptors (Lipinski definition) is 3. The van der Waals surface area contributed by atoms with Gasteiger partial charge in [-0.25, -0.2) is 4.79 Å². The molecule has 2 aliphatic carbocycles. The number of para-hydroxylation sites is 1. The second kappa shape index (κ2) is 14.8. The van der Waals surface area contributed by atoms with E-state index in [1.165, 1.54) is 32.1 Å². The molecule has 1 aromatic carbocycles. The first kappa shape index (κ1) is 31.2. The molecule has 2 aliphatic rings. The van der Waals surface area contributed by atoms with Crippen LogP contribution in [0.2, 0.25) is 0 Å². The maximum Gasteiger partial charge on any atom is 0.339 e. The molecule has 0 aliphatic heterocycles. The van der Waals surface area contributed by atoms with Crippen molar-refractivity contribution in [3.8, 4) is 5.75 Å². The molecule has 0 aromatic heterocycles. The summed E-state index contributed by atoms with van der Waals surface area (Å²) in [5.74, 6) is 4.08. The zero-order valence-electron chi connectivity index (χ0n) is 24.3. The second-order valence-corrected chi connectivity index (χ2v) is 12.8. The summed E-state index contributed by atoms with van der Waals surface area (Å²) in [4.78, 5) is 22.0. The van der Waals surface area contributed by atoms with Crippen LogP contribution >= 0.6 is 0 Å². The van der Waals surface area contributed by atoms with Gasteiger partial charge in [0.1, 0.15) is 17.4 Å². The molecule has 0 saturated heterocycles. The number of carbonyl (C=O) groups is 2. The normalized spacial score (nSPS) is 28.8. The van der Waals surface area contributed by atoms with E-state index in [0.717, 1.165) is 36.5 Å². The number of rotatable bonds is 9. The molecular weight excluding hydrogens is 464 g/mol. The van der Waals surface area contributed by atoms with Gasteiger partial charge in [-0.15, -0.1) is 0 Å². The average Bonchev–Trinajstić information content (AvgIpc) is 2.79. The van der Waals surface area contributed by atoms with Crippen LogP contribution in [-0.4, -0.2) is 28.3 Å². The fourth-order valence-corrected chi connectivity index (χ4v) is 6.73. The molecule has 0 radical (unpaired) electrons. The van der Waals surface area contributed by atoms with E-state index in [0.29, 0.717) is 35.8 Å². The van der Waals surface area contributed by atoms with E-state index in [2.05, 4.69) is 48.5 Å². The molecule has 0 spiro atoms. The molecule has 2 N–H and O–H groups in total. The molecule has 2 fully saturated rings. The highest BCUT2D eigenvalue weighted by Crippen LogP contribution is 2.41. The van der Waals surface area contributed by atoms with Crippen LogP contribution in [0.3, 0.4) is 0 Å². The van der Waals surface area contributed by atoms with E-state index in [1.54, 1.807) is 18.2 Å². The predicted octanol–water partition coefficient (Wildman–Crippen LogP) is 8.42. The minimum Gasteiger partial charge on any atom is -0.489 e. The third-order valence-corrected chi connectivity index (χ3v) is 8.75. The number of hydrogen-bond donors (Lipinski definition) is 2. The molecule has 0 bridgehead atoms. The average molecular weight is 517 g/mol. The summed E-state index contributed by atoms with van der Waals surface area (Å²) in [7, 11) is 0. The van der Waals surface area contributed by atoms with Gasteiger partial charge in [0.05, 0.1) is 0 Å². The van der Waals surface area contributed by atoms with E-state index in [1.807, 2.05) is 6.07 Å². The topological polar surface area (TPSA) is 83.8 Å². The van der Waals surface area contributed by atoms with E-state index in [9.17, 15) is 14.7 Å². The van der Waals surface area contributed by atoms with Crippen LogP contribution in [0.1, 0.15) is 110 Å². The highest BCUT2D eigenvalue weighted by molar-refractivity contribution is 5.90. The number of aliphatic carboxylic acids is 1. The molecule has 2 saturated carbocycles. The van der Waals surface area contributed by atoms with Crippen molar-refractivity contribution in [2.75, 3.05) is 0 Å². The van der Waals surface area contributed by atoms with E-state index in [-0.39, 0.29) is 11.7 Å². The number of aromatic carboxylic acids is 1. The van der Waals surface area contributed by atoms with Crippen LogP contribution in [0, 0.1) is 47.3 Å². The lowest BCUT2D eigenvalue weighted by Crippen LogP contribution is -2.36. The molecule has 0 amide bonds. The van der Waals surface area contributed by atoms with Gasteiger partial charge in [0.2, 0.25) is 0 Å². The van der Waals surface area contributed by atoms with Crippen molar-refractivity contribution in [1.29, 1.82) is 0 Å². The van der Waals surface area contributed by atoms with Gasteiger partial charge in [0.25, 0.3) is 0 Å². The van der Waals surface area contributed by atoms with Gasteiger partial charge in [-0.3, -0.25) is 4.79 Å². The second-order valence-electron chi connectivity index (χ2n) is 12.8. The third-order valence-electron chi connectivity index (χ3n) is 8.75. The maximum absolute atomic E-state index is 11.3. The Morgan fingerprint density at radius 2 is 1.43 bits per heavy atom. The summed E-state index contributed by atoms with van der Waals surface area (Å²) in [6.45, 7) is 15.7. The summed E-state index contributed by atoms with van der Waals surface area (Å²) >= 11 is 0. The molecule has 3 rings (SSSR count). The van der Waals surface area contributed by atoms with Crippen molar-refractivity contribution in [1.82, 2.24) is 0 Å². The Hall–Kier alpha value is -2.04. The monoisotopic (exact) mass is 516 g/mol. The van der Waals surface area contributed by atoms with Crippen molar-refractivity contribution < 1.29 is 24.5 Å². The minimum atomic E-state index is -0.925. The van der Waals surface area contributed by atoms with Crippen molar-refractivity contribution >= 4 is 11.9 Å². The van der Waals surface area contributed by atoms with Crippen LogP contribution in [0.15, 0.2) is 24.3 Å². The van der Waals surface area contributed by atoms with Crippen molar-refractivity contribution in [3.05, 3.63) is 29.8 Å². The Morgan fingerprint density at radius 1 is 0.865 bits per heavy atom. The van der Waals surface area contributed by atoms with Crippen LogP contribution in [0.4, 0.5) is 0 Å². The minimum absolute atomic E-state index is 0.124. The first-order chi connectivity index (χ1) is 17.4. The lowest BCUT2D eigenvalue weighted by atomic mass is 9.67. The number of benzene rings is 1. The van der Waals surface area contributed by atoms with Gasteiger partial charge in [0, 0.05) is 6.42 Å². The molecule has 210 valence electrons. The first-order valence-electron chi connectivity index (χ1n) is 14.6. The quantitative estimate of drug-likeness (QED) is 0.344. The molecule has 0 heterocycles. The molecule has 5 heteroatoms. The number of carboxylic acids is 2. The van der Waals surface area contributed by atoms with Gasteiger partial charge in [-0.05, 0) is 91.6 Å². The lowest BCUT2D eigenvalue weighted by molar-refractivity contribution is -0.138. The Labute approximate surface area is 225 Å². The van der Waals surface area contributed by atoms with Crippen molar-refractivity contribution in [2.24, 2.45) is 47.3 Å². The SMILES string of the molecule is CC1CCC(C(C)C)C(CC(C)CC(=O)O)C1.CC1CCC(C(C)C)C(Oc2ccccc2C(=O)O)C1. The maximum atomic E-state index is 11.3. The molecular formula is C32H52O5. The molecule has 1 aromatic rings. The van der Waals surface area contributed by atoms with E-state index in [4.69, 9.17) is 9.84 Å². The predicted molar refractivity (Wildman–Crippen MR) is 150 cm³/mol. The first-order valence-corrected chi connectivity index (χ1v) is 14.6. The summed E-state index contributed by atoms with van der Waals surface area (Å²) in [6, 6.07) is 6.94. The molecule has 7 atom stereocenters. The summed E-state index contributed by atoms with van der Waals surface area (Å²) in [6.07, 6.45) is 8.95. The van der Waals surface area contributed by atoms with Crippen molar-refractivity contribution in [2.45, 2.75) is 106 Å². The van der Waals surface area contributed by atoms with Gasteiger partial charge in [0.15, 0.2) is 0 Å². The van der Waals surface area contributed by atoms with Crippen molar-refractivity contribution in [3.63, 3.8) is 0 Å². The van der Waals surface area contributed by atoms with E-state index < -0.39 is 11.9 Å². The van der Waals surface area contributed by atoms with Gasteiger partial charge in [-0.2, -0.15) is 0 Å². The van der Waals surface area contributed by atoms with Crippen LogP contribution in [-0.2, 0) is 4.79 Å². The van der Waals surface area contributed by atoms with Crippen LogP contribution in [0.25, 0.3) is 0 Å². The lowest BCUT2D eigenvalue weighted by Gasteiger charge is -2.38. The van der Waals surface area contributed by atoms with Gasteiger partial charge in [-0.1, -0.05) is 73.4 Å². The molecule has 5 nitrogen and oxygen atoms in total. The molecule has 7 unspecified atom stereocenters. The summed E-state index contributed by atoms with van der Waals surface area (Å²) < 4.78 is 6.11. The Kier molecular flexibility index (Phi) is 12.5. The largest absolute Gasteiger partial charge is 0.489 e. The summed E-state index contributed by atoms with van der Waals surface area (Å²) in [5, 5.41) is 18.1. The fraction of sp³-hybridized carbons (Fsp3) is 0.750. The van der Waals surface area contributed by atoms with Gasteiger partial charge >= 0.3 is 11.9 Å². The zero-order valence-corrected chi connectivity index (χ0v) is 24.3. The number of ether oxygens (including phenoxy) is 1. The Morgan fingerprint density at radius 3 is 2.00 bits per heavy atom. The molecule has 37 heavy (non-hydrogen) atoms. The smallest absolute Gasteiger partial charge is 0.339 e.